The van der Waals surface area contributed by atoms with E-state index in [2.05, 4.69) is 16.1 Å². The number of sulfonamides is 1. The first-order chi connectivity index (χ1) is 15.5. The number of hydrogen-bond donors (Lipinski definition) is 2. The molecule has 170 valence electrons. The van der Waals surface area contributed by atoms with Crippen LogP contribution in [0.3, 0.4) is 0 Å². The Bertz CT molecular complexity index is 1110. The summed E-state index contributed by atoms with van der Waals surface area (Å²) in [5.74, 6) is 0. The minimum Gasteiger partial charge on any atom is -0.335 e. The third-order valence-corrected chi connectivity index (χ3v) is 8.57. The summed E-state index contributed by atoms with van der Waals surface area (Å²) in [6.45, 7) is 0.584. The van der Waals surface area contributed by atoms with E-state index in [-0.39, 0.29) is 23.0 Å². The molecule has 32 heavy (non-hydrogen) atoms. The highest BCUT2D eigenvalue weighted by atomic mass is 32.2. The van der Waals surface area contributed by atoms with Gasteiger partial charge in [0.05, 0.1) is 4.90 Å². The van der Waals surface area contributed by atoms with Crippen molar-refractivity contribution in [3.8, 4) is 0 Å². The third kappa shape index (κ3) is 4.28. The molecule has 5 rings (SSSR count). The first-order valence-electron chi connectivity index (χ1n) is 11.8. The number of nitrogens with one attached hydrogen (secondary N) is 2. The maximum atomic E-state index is 13.2. The Morgan fingerprint density at radius 1 is 0.906 bits per heavy atom. The summed E-state index contributed by atoms with van der Waals surface area (Å²) >= 11 is 0. The largest absolute Gasteiger partial charge is 0.335 e. The highest BCUT2D eigenvalue weighted by Gasteiger charge is 2.30. The summed E-state index contributed by atoms with van der Waals surface area (Å²) < 4.78 is 29.3. The lowest BCUT2D eigenvalue weighted by Crippen LogP contribution is -2.45. The normalized spacial score (nSPS) is 21.1. The quantitative estimate of drug-likeness (QED) is 0.718. The van der Waals surface area contributed by atoms with Crippen LogP contribution in [0.15, 0.2) is 47.4 Å². The zero-order chi connectivity index (χ0) is 22.1. The van der Waals surface area contributed by atoms with Gasteiger partial charge in [0.15, 0.2) is 0 Å². The second-order valence-corrected chi connectivity index (χ2v) is 11.0. The number of hydrogen-bond acceptors (Lipinski definition) is 3. The molecule has 2 aromatic carbocycles. The van der Waals surface area contributed by atoms with Gasteiger partial charge >= 0.3 is 6.03 Å². The number of fused-ring (bicyclic) bond motifs is 2. The fourth-order valence-corrected chi connectivity index (χ4v) is 6.69. The molecule has 0 bridgehead atoms. The molecule has 6 nitrogen and oxygen atoms in total. The Morgan fingerprint density at radius 2 is 1.72 bits per heavy atom. The summed E-state index contributed by atoms with van der Waals surface area (Å²) in [6.07, 6.45) is 9.10. The SMILES string of the molecule is O=C(NC1CCCCC1)N1CCc2cc(S(=O)(=O)N[C@H]3CCCc4ccccc43)ccc21. The monoisotopic (exact) mass is 453 g/mol. The van der Waals surface area contributed by atoms with E-state index in [1.54, 1.807) is 23.1 Å². The number of amides is 2. The molecule has 0 spiro atoms. The van der Waals surface area contributed by atoms with Gasteiger partial charge in [-0.15, -0.1) is 0 Å². The molecule has 1 heterocycles. The van der Waals surface area contributed by atoms with Crippen LogP contribution in [0.25, 0.3) is 0 Å². The molecular formula is C25H31N3O3S. The number of benzene rings is 2. The van der Waals surface area contributed by atoms with Gasteiger partial charge in [-0.1, -0.05) is 43.5 Å². The topological polar surface area (TPSA) is 78.5 Å². The molecule has 2 N–H and O–H groups in total. The number of rotatable bonds is 4. The average molecular weight is 454 g/mol. The van der Waals surface area contributed by atoms with Gasteiger partial charge in [-0.3, -0.25) is 4.90 Å². The number of carbonyl (C=O) groups is 1. The second-order valence-electron chi connectivity index (χ2n) is 9.24. The van der Waals surface area contributed by atoms with Gasteiger partial charge in [-0.25, -0.2) is 17.9 Å². The molecule has 0 saturated heterocycles. The Labute approximate surface area is 190 Å². The molecule has 1 saturated carbocycles. The maximum Gasteiger partial charge on any atom is 0.322 e. The molecular weight excluding hydrogens is 422 g/mol. The van der Waals surface area contributed by atoms with Gasteiger partial charge in [-0.2, -0.15) is 0 Å². The van der Waals surface area contributed by atoms with Crippen LogP contribution in [-0.4, -0.2) is 27.0 Å². The van der Waals surface area contributed by atoms with E-state index in [1.807, 2.05) is 18.2 Å². The van der Waals surface area contributed by atoms with Crippen LogP contribution in [0.4, 0.5) is 10.5 Å². The van der Waals surface area contributed by atoms with Crippen molar-refractivity contribution in [2.24, 2.45) is 0 Å². The molecule has 0 radical (unpaired) electrons. The molecule has 1 atom stereocenters. The number of urea groups is 1. The fourth-order valence-electron chi connectivity index (χ4n) is 5.39. The third-order valence-electron chi connectivity index (χ3n) is 7.10. The van der Waals surface area contributed by atoms with Crippen molar-refractivity contribution in [2.45, 2.75) is 74.8 Å². The summed E-state index contributed by atoms with van der Waals surface area (Å²) in [4.78, 5) is 14.8. The van der Waals surface area contributed by atoms with Gasteiger partial charge in [0.2, 0.25) is 10.0 Å². The lowest BCUT2D eigenvalue weighted by atomic mass is 9.88. The van der Waals surface area contributed by atoms with Crippen LogP contribution >= 0.6 is 0 Å². The summed E-state index contributed by atoms with van der Waals surface area (Å²) in [5.41, 5.74) is 4.03. The Balaban J connectivity index is 1.31. The molecule has 2 aromatic rings. The fraction of sp³-hybridized carbons (Fsp3) is 0.480. The second kappa shape index (κ2) is 8.87. The van der Waals surface area contributed by atoms with E-state index in [0.717, 1.165) is 48.9 Å². The van der Waals surface area contributed by atoms with Crippen molar-refractivity contribution in [3.63, 3.8) is 0 Å². The van der Waals surface area contributed by atoms with Crippen molar-refractivity contribution in [1.29, 1.82) is 0 Å². The van der Waals surface area contributed by atoms with E-state index in [4.69, 9.17) is 0 Å². The lowest BCUT2D eigenvalue weighted by Gasteiger charge is -2.27. The Morgan fingerprint density at radius 3 is 2.56 bits per heavy atom. The van der Waals surface area contributed by atoms with Crippen LogP contribution in [-0.2, 0) is 22.9 Å². The maximum absolute atomic E-state index is 13.2. The molecule has 7 heteroatoms. The van der Waals surface area contributed by atoms with E-state index < -0.39 is 10.0 Å². The van der Waals surface area contributed by atoms with Crippen molar-refractivity contribution >= 4 is 21.7 Å². The van der Waals surface area contributed by atoms with Crippen LogP contribution < -0.4 is 14.9 Å². The molecule has 0 unspecified atom stereocenters. The number of anilines is 1. The summed E-state index contributed by atoms with van der Waals surface area (Å²) in [6, 6.07) is 13.2. The van der Waals surface area contributed by atoms with Crippen LogP contribution in [0.1, 0.15) is 67.7 Å². The predicted molar refractivity (Wildman–Crippen MR) is 125 cm³/mol. The Hall–Kier alpha value is -2.38. The minimum atomic E-state index is -3.65. The molecule has 0 aromatic heterocycles. The summed E-state index contributed by atoms with van der Waals surface area (Å²) in [7, 11) is -3.65. The minimum absolute atomic E-state index is 0.0665. The highest BCUT2D eigenvalue weighted by molar-refractivity contribution is 7.89. The van der Waals surface area contributed by atoms with E-state index in [9.17, 15) is 13.2 Å². The van der Waals surface area contributed by atoms with Crippen molar-refractivity contribution in [3.05, 3.63) is 59.2 Å². The molecule has 1 aliphatic heterocycles. The van der Waals surface area contributed by atoms with Crippen LogP contribution in [0, 0.1) is 0 Å². The van der Waals surface area contributed by atoms with Crippen molar-refractivity contribution in [1.82, 2.24) is 10.0 Å². The predicted octanol–water partition coefficient (Wildman–Crippen LogP) is 4.45. The summed E-state index contributed by atoms with van der Waals surface area (Å²) in [5, 5.41) is 3.17. The number of carbonyl (C=O) groups excluding carboxylic acids is 1. The number of aryl methyl sites for hydroxylation is 1. The van der Waals surface area contributed by atoms with E-state index in [1.165, 1.54) is 24.8 Å². The van der Waals surface area contributed by atoms with Crippen molar-refractivity contribution < 1.29 is 13.2 Å². The number of nitrogens with zero attached hydrogens (tertiary/aromatic N) is 1. The van der Waals surface area contributed by atoms with Gasteiger partial charge in [0.25, 0.3) is 0 Å². The molecule has 2 aliphatic carbocycles. The van der Waals surface area contributed by atoms with Crippen LogP contribution in [0.2, 0.25) is 0 Å². The lowest BCUT2D eigenvalue weighted by molar-refractivity contribution is 0.238. The van der Waals surface area contributed by atoms with Gasteiger partial charge in [-0.05, 0) is 73.4 Å². The smallest absolute Gasteiger partial charge is 0.322 e. The van der Waals surface area contributed by atoms with E-state index >= 15 is 0 Å². The van der Waals surface area contributed by atoms with Crippen LogP contribution in [0.5, 0.6) is 0 Å². The van der Waals surface area contributed by atoms with Gasteiger partial charge < -0.3 is 5.32 Å². The Kier molecular flexibility index (Phi) is 5.95. The first-order valence-corrected chi connectivity index (χ1v) is 13.3. The molecule has 3 aliphatic rings. The highest BCUT2D eigenvalue weighted by Crippen LogP contribution is 2.33. The molecule has 1 fully saturated rings. The molecule has 2 amide bonds. The first kappa shape index (κ1) is 21.5. The zero-order valence-corrected chi connectivity index (χ0v) is 19.2. The van der Waals surface area contributed by atoms with Gasteiger partial charge in [0, 0.05) is 24.3 Å². The standard InChI is InChI=1S/C25H31N3O3S/c29-25(26-20-9-2-1-3-10-20)28-16-15-19-17-21(13-14-24(19)28)32(30,31)27-23-12-6-8-18-7-4-5-11-22(18)23/h4-5,7,11,13-14,17,20,23,27H,1-3,6,8-10,12,15-16H2,(H,26,29)/t23-/m0/s1. The van der Waals surface area contributed by atoms with Gasteiger partial charge in [0.1, 0.15) is 0 Å². The average Bonchev–Trinajstić information content (AvgIpc) is 3.23. The van der Waals surface area contributed by atoms with E-state index in [0.29, 0.717) is 13.0 Å². The zero-order valence-electron chi connectivity index (χ0n) is 18.3. The van der Waals surface area contributed by atoms with Crippen molar-refractivity contribution in [2.75, 3.05) is 11.4 Å².